The van der Waals surface area contributed by atoms with Crippen LogP contribution in [0.4, 0.5) is 14.5 Å². The van der Waals surface area contributed by atoms with Crippen LogP contribution < -0.4 is 10.1 Å². The van der Waals surface area contributed by atoms with Crippen LogP contribution in [0.5, 0.6) is 5.75 Å². The van der Waals surface area contributed by atoms with Crippen molar-refractivity contribution < 1.29 is 13.5 Å². The molecule has 2 nitrogen and oxygen atoms in total. The van der Waals surface area contributed by atoms with E-state index in [1.807, 2.05) is 0 Å². The SMILES string of the molecule is COc1c(Br)cc(Cl)cc1NCc1cccc(C(F)F)c1. The molecule has 0 bridgehead atoms. The van der Waals surface area contributed by atoms with Gasteiger partial charge >= 0.3 is 0 Å². The zero-order chi connectivity index (χ0) is 15.4. The van der Waals surface area contributed by atoms with Crippen molar-refractivity contribution in [2.24, 2.45) is 0 Å². The Balaban J connectivity index is 2.18. The number of nitrogens with one attached hydrogen (secondary N) is 1. The molecule has 0 spiro atoms. The fourth-order valence-corrected chi connectivity index (χ4v) is 2.91. The molecule has 0 saturated carbocycles. The highest BCUT2D eigenvalue weighted by Gasteiger charge is 2.10. The summed E-state index contributed by atoms with van der Waals surface area (Å²) >= 11 is 9.37. The van der Waals surface area contributed by atoms with Gasteiger partial charge in [-0.3, -0.25) is 0 Å². The van der Waals surface area contributed by atoms with E-state index in [0.717, 1.165) is 10.0 Å². The average Bonchev–Trinajstić information content (AvgIpc) is 2.45. The first-order valence-electron chi connectivity index (χ1n) is 6.15. The van der Waals surface area contributed by atoms with Gasteiger partial charge in [0.25, 0.3) is 6.43 Å². The molecule has 6 heteroatoms. The second-order valence-electron chi connectivity index (χ2n) is 4.37. The van der Waals surface area contributed by atoms with Crippen LogP contribution in [0, 0.1) is 0 Å². The summed E-state index contributed by atoms with van der Waals surface area (Å²) < 4.78 is 31.4. The number of alkyl halides is 2. The van der Waals surface area contributed by atoms with E-state index in [2.05, 4.69) is 21.2 Å². The number of benzene rings is 2. The summed E-state index contributed by atoms with van der Waals surface area (Å²) in [6.45, 7) is 0.393. The maximum atomic E-state index is 12.7. The van der Waals surface area contributed by atoms with E-state index in [1.165, 1.54) is 12.1 Å². The predicted molar refractivity (Wildman–Crippen MR) is 84.4 cm³/mol. The summed E-state index contributed by atoms with van der Waals surface area (Å²) in [6, 6.07) is 9.73. The quantitative estimate of drug-likeness (QED) is 0.727. The van der Waals surface area contributed by atoms with E-state index in [4.69, 9.17) is 16.3 Å². The van der Waals surface area contributed by atoms with E-state index in [9.17, 15) is 8.78 Å². The first-order chi connectivity index (χ1) is 10.0. The third kappa shape index (κ3) is 4.08. The second-order valence-corrected chi connectivity index (χ2v) is 5.66. The zero-order valence-corrected chi connectivity index (χ0v) is 13.5. The third-order valence-electron chi connectivity index (χ3n) is 2.90. The molecule has 0 aromatic heterocycles. The Morgan fingerprint density at radius 3 is 2.71 bits per heavy atom. The lowest BCUT2D eigenvalue weighted by atomic mass is 10.1. The van der Waals surface area contributed by atoms with Gasteiger partial charge in [-0.05, 0) is 39.7 Å². The maximum Gasteiger partial charge on any atom is 0.263 e. The first-order valence-corrected chi connectivity index (χ1v) is 7.32. The van der Waals surface area contributed by atoms with Crippen molar-refractivity contribution in [1.29, 1.82) is 0 Å². The average molecular weight is 377 g/mol. The number of anilines is 1. The Labute approximate surface area is 135 Å². The van der Waals surface area contributed by atoms with Crippen LogP contribution in [0.25, 0.3) is 0 Å². The van der Waals surface area contributed by atoms with Gasteiger partial charge in [0.15, 0.2) is 5.75 Å². The molecule has 1 N–H and O–H groups in total. The van der Waals surface area contributed by atoms with Gasteiger partial charge in [0, 0.05) is 17.1 Å². The maximum absolute atomic E-state index is 12.7. The smallest absolute Gasteiger partial charge is 0.263 e. The van der Waals surface area contributed by atoms with E-state index >= 15 is 0 Å². The Bertz CT molecular complexity index is 637. The minimum atomic E-state index is -2.47. The van der Waals surface area contributed by atoms with Crippen molar-refractivity contribution in [2.75, 3.05) is 12.4 Å². The Hall–Kier alpha value is -1.33. The molecular weight excluding hydrogens is 364 g/mol. The van der Waals surface area contributed by atoms with E-state index in [0.29, 0.717) is 23.0 Å². The number of rotatable bonds is 5. The lowest BCUT2D eigenvalue weighted by Crippen LogP contribution is -2.02. The molecule has 0 saturated heterocycles. The number of halogens is 4. The summed E-state index contributed by atoms with van der Waals surface area (Å²) in [6.07, 6.45) is -2.47. The summed E-state index contributed by atoms with van der Waals surface area (Å²) in [5.41, 5.74) is 1.46. The van der Waals surface area contributed by atoms with Gasteiger partial charge in [0.05, 0.1) is 17.3 Å². The van der Waals surface area contributed by atoms with Crippen LogP contribution in [-0.2, 0) is 6.54 Å². The third-order valence-corrected chi connectivity index (χ3v) is 3.71. The highest BCUT2D eigenvalue weighted by atomic mass is 79.9. The van der Waals surface area contributed by atoms with Crippen LogP contribution in [0.2, 0.25) is 5.02 Å². The zero-order valence-electron chi connectivity index (χ0n) is 11.2. The normalized spacial score (nSPS) is 10.8. The molecule has 2 aromatic carbocycles. The van der Waals surface area contributed by atoms with Crippen LogP contribution in [0.3, 0.4) is 0 Å². The van der Waals surface area contributed by atoms with Crippen LogP contribution in [-0.4, -0.2) is 7.11 Å². The summed E-state index contributed by atoms with van der Waals surface area (Å²) in [5.74, 6) is 0.615. The first kappa shape index (κ1) is 16.0. The minimum Gasteiger partial charge on any atom is -0.493 e. The topological polar surface area (TPSA) is 21.3 Å². The summed E-state index contributed by atoms with van der Waals surface area (Å²) in [4.78, 5) is 0. The van der Waals surface area contributed by atoms with Gasteiger partial charge in [-0.2, -0.15) is 0 Å². The molecule has 0 aliphatic carbocycles. The number of methoxy groups -OCH3 is 1. The van der Waals surface area contributed by atoms with Gasteiger partial charge in [0.2, 0.25) is 0 Å². The van der Waals surface area contributed by atoms with Gasteiger partial charge in [-0.15, -0.1) is 0 Å². The number of ether oxygens (including phenoxy) is 1. The van der Waals surface area contributed by atoms with E-state index in [-0.39, 0.29) is 5.56 Å². The summed E-state index contributed by atoms with van der Waals surface area (Å²) in [5, 5.41) is 3.69. The standard InChI is InChI=1S/C15H13BrClF2NO/c1-21-14-12(16)6-11(17)7-13(14)20-8-9-3-2-4-10(5-9)15(18)19/h2-7,15,20H,8H2,1H3. The molecule has 0 radical (unpaired) electrons. The van der Waals surface area contributed by atoms with Gasteiger partial charge in [-0.25, -0.2) is 8.78 Å². The van der Waals surface area contributed by atoms with Crippen LogP contribution >= 0.6 is 27.5 Å². The Morgan fingerprint density at radius 1 is 1.29 bits per heavy atom. The lowest BCUT2D eigenvalue weighted by molar-refractivity contribution is 0.151. The highest BCUT2D eigenvalue weighted by Crippen LogP contribution is 2.36. The van der Waals surface area contributed by atoms with Crippen LogP contribution in [0.15, 0.2) is 40.9 Å². The van der Waals surface area contributed by atoms with Crippen molar-refractivity contribution in [3.05, 3.63) is 57.0 Å². The van der Waals surface area contributed by atoms with Crippen molar-refractivity contribution in [1.82, 2.24) is 0 Å². The van der Waals surface area contributed by atoms with Crippen molar-refractivity contribution >= 4 is 33.2 Å². The van der Waals surface area contributed by atoms with Gasteiger partial charge in [-0.1, -0.05) is 29.8 Å². The summed E-state index contributed by atoms with van der Waals surface area (Å²) in [7, 11) is 1.55. The largest absolute Gasteiger partial charge is 0.493 e. The molecule has 0 atom stereocenters. The van der Waals surface area contributed by atoms with Crippen molar-refractivity contribution in [3.8, 4) is 5.75 Å². The number of hydrogen-bond donors (Lipinski definition) is 1. The monoisotopic (exact) mass is 375 g/mol. The van der Waals surface area contributed by atoms with Gasteiger partial charge < -0.3 is 10.1 Å². The fraction of sp³-hybridized carbons (Fsp3) is 0.200. The predicted octanol–water partition coefficient (Wildman–Crippen LogP) is 5.66. The molecule has 2 aromatic rings. The number of hydrogen-bond acceptors (Lipinski definition) is 2. The molecule has 21 heavy (non-hydrogen) atoms. The molecular formula is C15H13BrClF2NO. The fourth-order valence-electron chi connectivity index (χ4n) is 1.94. The molecule has 2 rings (SSSR count). The lowest BCUT2D eigenvalue weighted by Gasteiger charge is -2.14. The second kappa shape index (κ2) is 7.09. The molecule has 0 fully saturated rings. The molecule has 112 valence electrons. The molecule has 0 unspecified atom stereocenters. The minimum absolute atomic E-state index is 0.00791. The highest BCUT2D eigenvalue weighted by molar-refractivity contribution is 9.10. The Kier molecular flexibility index (Phi) is 5.42. The van der Waals surface area contributed by atoms with Crippen molar-refractivity contribution in [3.63, 3.8) is 0 Å². The van der Waals surface area contributed by atoms with Crippen LogP contribution in [0.1, 0.15) is 17.6 Å². The van der Waals surface area contributed by atoms with Crippen molar-refractivity contribution in [2.45, 2.75) is 13.0 Å². The Morgan fingerprint density at radius 2 is 2.05 bits per heavy atom. The molecule has 0 amide bonds. The van der Waals surface area contributed by atoms with E-state index in [1.54, 1.807) is 31.4 Å². The van der Waals surface area contributed by atoms with Gasteiger partial charge in [0.1, 0.15) is 0 Å². The molecule has 0 heterocycles. The van der Waals surface area contributed by atoms with E-state index < -0.39 is 6.43 Å². The molecule has 0 aliphatic heterocycles. The molecule has 0 aliphatic rings.